The lowest BCUT2D eigenvalue weighted by Crippen LogP contribution is -2.66. The number of hydrogen-bond donors (Lipinski definition) is 21. The Labute approximate surface area is 726 Å². The molecular formula is C81H95Cl2F3N14O26. The minimum Gasteiger partial charge on any atom is -0.508 e. The summed E-state index contributed by atoms with van der Waals surface area (Å²) in [5.74, 6) is -15.9. The number of fused-ring (bicyclic) bond motifs is 15. The Balaban J connectivity index is 0.959. The Hall–Kier alpha value is -11.2. The first-order chi connectivity index (χ1) is 59.7. The van der Waals surface area contributed by atoms with E-state index < -0.39 is 260 Å². The van der Waals surface area contributed by atoms with Crippen LogP contribution in [0.15, 0.2) is 103 Å². The third-order valence-corrected chi connectivity index (χ3v) is 22.5. The molecule has 0 unspecified atom stereocenters. The lowest BCUT2D eigenvalue weighted by atomic mass is 9.85. The van der Waals surface area contributed by atoms with Gasteiger partial charge in [0.05, 0.1) is 48.4 Å². The number of aromatic hydroxyl groups is 3. The van der Waals surface area contributed by atoms with Gasteiger partial charge in [-0.25, -0.2) is 15.3 Å². The Kier molecular flexibility index (Phi) is 29.6. The van der Waals surface area contributed by atoms with Crippen LogP contribution in [0.1, 0.15) is 105 Å². The van der Waals surface area contributed by atoms with E-state index in [2.05, 4.69) is 68.4 Å². The fourth-order valence-corrected chi connectivity index (χ4v) is 15.9. The van der Waals surface area contributed by atoms with Gasteiger partial charge in [-0.2, -0.15) is 0 Å². The predicted molar refractivity (Wildman–Crippen MR) is 434 cm³/mol. The number of aliphatic hydroxyl groups is 6. The van der Waals surface area contributed by atoms with E-state index in [1.807, 2.05) is 13.8 Å². The van der Waals surface area contributed by atoms with Crippen molar-refractivity contribution in [3.8, 4) is 62.9 Å². The van der Waals surface area contributed by atoms with Gasteiger partial charge in [0, 0.05) is 74.1 Å². The molecule has 0 aliphatic carbocycles. The zero-order chi connectivity index (χ0) is 91.2. The van der Waals surface area contributed by atoms with Crippen LogP contribution < -0.4 is 83.4 Å². The molecule has 40 nitrogen and oxygen atoms in total. The van der Waals surface area contributed by atoms with E-state index in [1.54, 1.807) is 11.9 Å². The van der Waals surface area contributed by atoms with Gasteiger partial charge < -0.3 is 133 Å². The van der Waals surface area contributed by atoms with Crippen LogP contribution in [-0.4, -0.2) is 254 Å². The number of nitrogens with zero attached hydrogens (tertiary/aromatic N) is 2. The number of primary amides is 1. The number of phenols is 3. The number of likely N-dealkylation sites (N-methyl/N-ethyl adjacent to an activating group) is 1. The van der Waals surface area contributed by atoms with Crippen LogP contribution in [0.4, 0.5) is 23.7 Å². The summed E-state index contributed by atoms with van der Waals surface area (Å²) in [4.78, 5) is 139. The average molecular weight is 1810 g/mol. The van der Waals surface area contributed by atoms with Gasteiger partial charge in [-0.05, 0) is 140 Å². The normalized spacial score (nSPS) is 27.0. The molecule has 8 aliphatic rings. The van der Waals surface area contributed by atoms with Crippen molar-refractivity contribution >= 4 is 82.2 Å². The monoisotopic (exact) mass is 1810 g/mol. The van der Waals surface area contributed by atoms with Crippen LogP contribution >= 0.6 is 23.2 Å². The van der Waals surface area contributed by atoms with E-state index in [0.717, 1.165) is 86.0 Å². The quantitative estimate of drug-likeness (QED) is 0.0455. The molecule has 680 valence electrons. The second-order valence-electron chi connectivity index (χ2n) is 31.4. The van der Waals surface area contributed by atoms with Gasteiger partial charge in [-0.3, -0.25) is 53.5 Å². The summed E-state index contributed by atoms with van der Waals surface area (Å²) in [6, 6.07) is 3.48. The number of piperazine rings is 1. The molecule has 126 heavy (non-hydrogen) atoms. The third kappa shape index (κ3) is 21.9. The fourth-order valence-electron chi connectivity index (χ4n) is 15.4. The molecule has 45 heteroatoms. The standard InChI is InChI=1S/C81H95Cl2F3N14O26/c1-34(2)23-47(88-5)71(111)95-62-64(106)37-8-15-51(45(82)25-37)121-53-27-39-28-54(68(53)125-78-69(67(109)66(108)55(33-101)123-78)124-57-32-80(4,70(110)35(3)120-57)89-17-18-99-19-21-100(22-20-99)97-79(118)90-40-10-12-42(13-11-40)126-81(84,85)86)122-52-16-9-38(26-46(52)83)65(107)63-76(116)94-61(77(117)98-119-6)44-29-41(102)30-50(104)58(44)43-24-36(7-14-49(43)103)59(73(113)96-63)93-74(114)60(39)92-72(112)48(31-56(87)105)91-75(62)115/h7-16,24-30,34-35,47-48,55,57,59-67,69-70,78,88-89,101-104,106-110H,17-23,31-33H2,1-6H3,(H2,87,105)(H,91,115)(H,92,112)(H,93,114)(H,94,116)(H,95,111)(H,96,113)(H,98,117)(H2,90,97,118)/t35-,47+,48-,55+,57-,59+,60+,61+,62+,63-,64+,65+,66+,67-,69+,70+,78-,80-/m0/s1. The Morgan fingerprint density at radius 1 is 0.714 bits per heavy atom. The number of anilines is 1. The Morgan fingerprint density at radius 2 is 1.34 bits per heavy atom. The van der Waals surface area contributed by atoms with Crippen molar-refractivity contribution in [3.05, 3.63) is 141 Å². The van der Waals surface area contributed by atoms with Crippen molar-refractivity contribution in [2.24, 2.45) is 11.7 Å². The van der Waals surface area contributed by atoms with Crippen LogP contribution in [0.2, 0.25) is 10.0 Å². The number of nitrogens with two attached hydrogens (primary N) is 1. The van der Waals surface area contributed by atoms with Crippen molar-refractivity contribution < 1.29 is 140 Å². The minimum atomic E-state index is -4.91. The van der Waals surface area contributed by atoms with E-state index in [-0.39, 0.29) is 53.4 Å². The third-order valence-electron chi connectivity index (χ3n) is 21.9. The maximum absolute atomic E-state index is 16.3. The Morgan fingerprint density at radius 3 is 1.95 bits per heavy atom. The van der Waals surface area contributed by atoms with E-state index in [4.69, 9.17) is 62.2 Å². The highest BCUT2D eigenvalue weighted by Crippen LogP contribution is 2.50. The summed E-state index contributed by atoms with van der Waals surface area (Å²) in [5, 5.41) is 131. The highest BCUT2D eigenvalue weighted by Gasteiger charge is 2.53. The minimum absolute atomic E-state index is 0.123. The number of benzene rings is 6. The second kappa shape index (κ2) is 39.7. The largest absolute Gasteiger partial charge is 0.573 e. The molecule has 0 radical (unpaired) electrons. The zero-order valence-corrected chi connectivity index (χ0v) is 69.6. The van der Waals surface area contributed by atoms with Crippen molar-refractivity contribution in [1.82, 2.24) is 63.3 Å². The molecule has 6 aromatic carbocycles. The van der Waals surface area contributed by atoms with Gasteiger partial charge in [0.1, 0.15) is 101 Å². The molecule has 3 saturated heterocycles. The Bertz CT molecular complexity index is 5060. The number of aliphatic hydroxyl groups excluding tert-OH is 6. The van der Waals surface area contributed by atoms with Crippen molar-refractivity contribution in [3.63, 3.8) is 0 Å². The SMILES string of the molecule is CN[C@H](CC(C)C)C(=O)N[C@H]1C(=O)N[C@@H](CC(N)=O)C(=O)N[C@H]2C(=O)N[C@H]3C(=O)N[C@H](C(=O)N[C@@H](C(=O)NOC)c4cc(O)cc(O)c4-c4cc3ccc4O)[C@H](O)c3ccc(c(Cl)c3)Oc3cc2cc(c3O[C@@H]2O[C@H](CO)[C@@H](O)[C@H](O)[C@H]2O[C@H]2C[C@](C)(NCCN3CCN(NC(=O)Nc4ccc(OC(F)(F)F)cc4)CC3)[C@H](O)[C@H](C)O2)Oc2ccc(cc2Cl)[C@H]1O. The topological polar surface area (TPSA) is 574 Å². The van der Waals surface area contributed by atoms with Crippen molar-refractivity contribution in [1.29, 1.82) is 0 Å². The fraction of sp³-hybridized carbons (Fsp3) is 0.444. The number of carbonyl (C=O) groups excluding carboxylic acids is 9. The molecule has 0 saturated carbocycles. The number of alkyl halides is 3. The summed E-state index contributed by atoms with van der Waals surface area (Å²) in [6.07, 6.45) is -24.0. The van der Waals surface area contributed by atoms with Crippen LogP contribution in [0, 0.1) is 5.92 Å². The van der Waals surface area contributed by atoms with Crippen LogP contribution in [0.25, 0.3) is 11.1 Å². The molecule has 0 aromatic heterocycles. The lowest BCUT2D eigenvalue weighted by molar-refractivity contribution is -0.334. The molecule has 8 aliphatic heterocycles. The zero-order valence-electron chi connectivity index (χ0n) is 68.1. The second-order valence-corrected chi connectivity index (χ2v) is 32.2. The first-order valence-corrected chi connectivity index (χ1v) is 40.4. The number of phenolic OH excluding ortho intramolecular Hbond substituents is 3. The number of amides is 10. The maximum atomic E-state index is 16.3. The molecule has 0 spiro atoms. The summed E-state index contributed by atoms with van der Waals surface area (Å²) >= 11 is 14.3. The van der Waals surface area contributed by atoms with E-state index >= 15 is 24.0 Å². The van der Waals surface area contributed by atoms with Crippen LogP contribution in [0.3, 0.4) is 0 Å². The van der Waals surface area contributed by atoms with Gasteiger partial charge >= 0.3 is 12.4 Å². The van der Waals surface area contributed by atoms with Gasteiger partial charge in [-0.1, -0.05) is 55.2 Å². The summed E-state index contributed by atoms with van der Waals surface area (Å²) < 4.78 is 81.6. The van der Waals surface area contributed by atoms with Crippen molar-refractivity contribution in [2.45, 2.75) is 163 Å². The molecular weight excluding hydrogens is 1710 g/mol. The number of ether oxygens (including phenoxy) is 7. The predicted octanol–water partition coefficient (Wildman–Crippen LogP) is 1.58. The smallest absolute Gasteiger partial charge is 0.508 e. The highest BCUT2D eigenvalue weighted by atomic mass is 35.5. The molecule has 3 fully saturated rings. The number of nitrogens with one attached hydrogen (secondary N) is 11. The first kappa shape index (κ1) is 93.9. The number of hydroxylamine groups is 1. The number of rotatable bonds is 21. The lowest BCUT2D eigenvalue weighted by Gasteiger charge is -2.48. The number of carbonyl (C=O) groups is 9. The van der Waals surface area contributed by atoms with Crippen LogP contribution in [-0.2, 0) is 57.4 Å². The molecule has 22 N–H and O–H groups in total. The van der Waals surface area contributed by atoms with E-state index in [0.29, 0.717) is 32.7 Å². The molecule has 11 bridgehead atoms. The van der Waals surface area contributed by atoms with E-state index in [1.165, 1.54) is 38.2 Å². The summed E-state index contributed by atoms with van der Waals surface area (Å²) in [6.45, 7) is 7.94. The summed E-state index contributed by atoms with van der Waals surface area (Å²) in [5.41, 5.74) is 6.80. The van der Waals surface area contributed by atoms with E-state index in [9.17, 15) is 78.3 Å². The number of hydrogen-bond acceptors (Lipinski definition) is 30. The molecule has 14 rings (SSSR count). The summed E-state index contributed by atoms with van der Waals surface area (Å²) in [7, 11) is 2.50. The van der Waals surface area contributed by atoms with Gasteiger partial charge in [-0.15, -0.1) is 13.2 Å². The number of hydrazine groups is 1. The van der Waals surface area contributed by atoms with Gasteiger partial charge in [0.15, 0.2) is 23.9 Å². The first-order valence-electron chi connectivity index (χ1n) is 39.6. The highest BCUT2D eigenvalue weighted by molar-refractivity contribution is 6.32. The molecule has 10 amide bonds. The molecule has 18 atom stereocenters. The average Bonchev–Trinajstić information content (AvgIpc) is 0.764. The number of halogens is 5. The molecule has 8 heterocycles. The number of urea groups is 1. The maximum Gasteiger partial charge on any atom is 0.573 e. The van der Waals surface area contributed by atoms with Gasteiger partial charge in [0.25, 0.3) is 5.91 Å². The van der Waals surface area contributed by atoms with Gasteiger partial charge in [0.2, 0.25) is 53.4 Å². The van der Waals surface area contributed by atoms with Crippen molar-refractivity contribution in [2.75, 3.05) is 65.3 Å². The molecule has 6 aromatic rings. The van der Waals surface area contributed by atoms with Crippen LogP contribution in [0.5, 0.6) is 51.7 Å².